The molecule has 260 valence electrons. The second kappa shape index (κ2) is 15.9. The van der Waals surface area contributed by atoms with Crippen LogP contribution in [0.1, 0.15) is 73.4 Å². The van der Waals surface area contributed by atoms with E-state index in [9.17, 15) is 24.4 Å². The third kappa shape index (κ3) is 9.00. The molecule has 1 aliphatic rings. The lowest BCUT2D eigenvalue weighted by molar-refractivity contribution is -0.146. The monoisotopic (exact) mass is 672 g/mol. The van der Waals surface area contributed by atoms with E-state index < -0.39 is 62.3 Å². The van der Waals surface area contributed by atoms with Crippen molar-refractivity contribution in [1.82, 2.24) is 29.7 Å². The van der Waals surface area contributed by atoms with Gasteiger partial charge in [0, 0.05) is 0 Å². The molecule has 3 unspecified atom stereocenters. The molecule has 16 nitrogen and oxygen atoms in total. The summed E-state index contributed by atoms with van der Waals surface area (Å²) in [6.07, 6.45) is -2.05. The summed E-state index contributed by atoms with van der Waals surface area (Å²) in [5, 5.41) is 28.2. The van der Waals surface area contributed by atoms with Gasteiger partial charge in [-0.05, 0) is 52.4 Å². The lowest BCUT2D eigenvalue weighted by Crippen LogP contribution is -2.47. The summed E-state index contributed by atoms with van der Waals surface area (Å²) in [5.41, 5.74) is -1.26. The number of nitrogens with one attached hydrogen (secondary N) is 2. The summed E-state index contributed by atoms with van der Waals surface area (Å²) in [6.45, 7) is 13.6. The minimum Gasteiger partial charge on any atom is -0.479 e. The maximum Gasteiger partial charge on any atom is 0.342 e. The molecule has 2 aromatic heterocycles. The topological polar surface area (TPSA) is 205 Å². The summed E-state index contributed by atoms with van der Waals surface area (Å²) >= 11 is 0. The highest BCUT2D eigenvalue weighted by molar-refractivity contribution is 7.54. The van der Waals surface area contributed by atoms with Gasteiger partial charge in [-0.2, -0.15) is 4.98 Å². The van der Waals surface area contributed by atoms with Crippen LogP contribution in [0.5, 0.6) is 5.88 Å². The molecular formula is C29H49N6O10P. The molecule has 1 fully saturated rings. The van der Waals surface area contributed by atoms with E-state index in [-0.39, 0.29) is 43.8 Å². The summed E-state index contributed by atoms with van der Waals surface area (Å²) in [7, 11) is -2.84. The Bertz CT molecular complexity index is 1350. The largest absolute Gasteiger partial charge is 0.479 e. The molecule has 1 saturated heterocycles. The second-order valence-corrected chi connectivity index (χ2v) is 14.2. The Morgan fingerprint density at radius 1 is 1.07 bits per heavy atom. The lowest BCUT2D eigenvalue weighted by atomic mass is 9.96. The second-order valence-electron chi connectivity index (χ2n) is 12.3. The van der Waals surface area contributed by atoms with Crippen molar-refractivity contribution in [1.29, 1.82) is 0 Å². The van der Waals surface area contributed by atoms with E-state index in [1.807, 2.05) is 27.7 Å². The first-order valence-electron chi connectivity index (χ1n) is 15.5. The SMILES string of the molecule is CCOC(=O)C(CC(C)C)NP(=O)(NC(CC(C)C)C(=O)OCC)OC[C@H]1O[C@@H](n2cnc3c(OC)nc(C)nc32)C(C)(O)[C@H]1O. The van der Waals surface area contributed by atoms with Crippen LogP contribution in [0.15, 0.2) is 6.33 Å². The zero-order valence-corrected chi connectivity index (χ0v) is 28.9. The highest BCUT2D eigenvalue weighted by atomic mass is 31.2. The molecular weight excluding hydrogens is 623 g/mol. The number of nitrogens with zero attached hydrogens (tertiary/aromatic N) is 4. The van der Waals surface area contributed by atoms with Gasteiger partial charge in [-0.25, -0.2) is 20.1 Å². The quantitative estimate of drug-likeness (QED) is 0.141. The van der Waals surface area contributed by atoms with Crippen molar-refractivity contribution in [3.63, 3.8) is 0 Å². The van der Waals surface area contributed by atoms with Gasteiger partial charge in [0.1, 0.15) is 35.7 Å². The zero-order valence-electron chi connectivity index (χ0n) is 28.1. The van der Waals surface area contributed by atoms with Crippen molar-refractivity contribution < 1.29 is 47.8 Å². The number of aliphatic hydroxyl groups excluding tert-OH is 1. The van der Waals surface area contributed by atoms with E-state index in [1.165, 1.54) is 24.9 Å². The number of aryl methyl sites for hydroxylation is 1. The van der Waals surface area contributed by atoms with Crippen LogP contribution in [-0.4, -0.2) is 98.5 Å². The fourth-order valence-electron chi connectivity index (χ4n) is 5.22. The van der Waals surface area contributed by atoms with Gasteiger partial charge >= 0.3 is 19.6 Å². The molecule has 4 N–H and O–H groups in total. The number of methoxy groups -OCH3 is 1. The smallest absolute Gasteiger partial charge is 0.342 e. The normalized spacial score (nSPS) is 24.2. The number of aromatic nitrogens is 4. The van der Waals surface area contributed by atoms with E-state index in [1.54, 1.807) is 20.8 Å². The number of rotatable bonds is 17. The number of carbonyl (C=O) groups excluding carboxylic acids is 2. The summed E-state index contributed by atoms with van der Waals surface area (Å²) in [4.78, 5) is 38.7. The third-order valence-electron chi connectivity index (χ3n) is 7.33. The Morgan fingerprint density at radius 3 is 2.09 bits per heavy atom. The summed E-state index contributed by atoms with van der Waals surface area (Å²) in [6, 6.07) is -2.11. The van der Waals surface area contributed by atoms with Crippen molar-refractivity contribution in [2.24, 2.45) is 11.8 Å². The average Bonchev–Trinajstić information content (AvgIpc) is 3.47. The van der Waals surface area contributed by atoms with Gasteiger partial charge in [0.25, 0.3) is 0 Å². The van der Waals surface area contributed by atoms with Crippen molar-refractivity contribution in [3.8, 4) is 5.88 Å². The Hall–Kier alpha value is -2.72. The molecule has 46 heavy (non-hydrogen) atoms. The van der Waals surface area contributed by atoms with Crippen molar-refractivity contribution in [3.05, 3.63) is 12.2 Å². The Kier molecular flexibility index (Phi) is 13.1. The number of imidazole rings is 1. The number of hydrogen-bond acceptors (Lipinski definition) is 13. The maximum absolute atomic E-state index is 14.5. The van der Waals surface area contributed by atoms with Crippen LogP contribution in [0.3, 0.4) is 0 Å². The Labute approximate surface area is 269 Å². The van der Waals surface area contributed by atoms with E-state index in [4.69, 9.17) is 23.5 Å². The van der Waals surface area contributed by atoms with Gasteiger partial charge in [0.2, 0.25) is 5.88 Å². The van der Waals surface area contributed by atoms with E-state index in [0.29, 0.717) is 17.0 Å². The molecule has 0 radical (unpaired) electrons. The molecule has 3 heterocycles. The maximum atomic E-state index is 14.5. The molecule has 0 aliphatic carbocycles. The molecule has 6 atom stereocenters. The molecule has 0 aromatic carbocycles. The number of hydrogen-bond donors (Lipinski definition) is 4. The van der Waals surface area contributed by atoms with Gasteiger partial charge in [-0.15, -0.1) is 0 Å². The van der Waals surface area contributed by atoms with Crippen molar-refractivity contribution in [2.45, 2.75) is 104 Å². The number of esters is 2. The average molecular weight is 673 g/mol. The fraction of sp³-hybridized carbons (Fsp3) is 0.759. The van der Waals surface area contributed by atoms with Crippen molar-refractivity contribution in [2.75, 3.05) is 26.9 Å². The Morgan fingerprint density at radius 2 is 1.61 bits per heavy atom. The van der Waals surface area contributed by atoms with Gasteiger partial charge < -0.3 is 33.7 Å². The van der Waals surface area contributed by atoms with Gasteiger partial charge in [-0.1, -0.05) is 27.7 Å². The molecule has 2 aromatic rings. The number of ether oxygens (including phenoxy) is 4. The predicted octanol–water partition coefficient (Wildman–Crippen LogP) is 2.41. The molecule has 0 amide bonds. The van der Waals surface area contributed by atoms with Crippen LogP contribution in [0.25, 0.3) is 11.2 Å². The number of aliphatic hydroxyl groups is 2. The first-order valence-corrected chi connectivity index (χ1v) is 17.1. The molecule has 17 heteroatoms. The van der Waals surface area contributed by atoms with Crippen LogP contribution < -0.4 is 14.9 Å². The number of carbonyl (C=O) groups is 2. The fourth-order valence-corrected chi connectivity index (χ4v) is 7.04. The lowest BCUT2D eigenvalue weighted by Gasteiger charge is -2.30. The van der Waals surface area contributed by atoms with Gasteiger partial charge in [0.15, 0.2) is 17.4 Å². The van der Waals surface area contributed by atoms with Gasteiger partial charge in [-0.3, -0.25) is 18.7 Å². The number of fused-ring (bicyclic) bond motifs is 1. The first-order chi connectivity index (χ1) is 21.6. The zero-order chi connectivity index (χ0) is 34.4. The van der Waals surface area contributed by atoms with Crippen LogP contribution in [0, 0.1) is 18.8 Å². The molecule has 3 rings (SSSR count). The Balaban J connectivity index is 1.94. The highest BCUT2D eigenvalue weighted by Crippen LogP contribution is 2.45. The summed E-state index contributed by atoms with van der Waals surface area (Å²) in [5.74, 6) is -0.668. The molecule has 1 aliphatic heterocycles. The van der Waals surface area contributed by atoms with Crippen molar-refractivity contribution >= 4 is 30.8 Å². The standard InChI is InChI=1S/C29H49N6O10P/c1-10-42-26(37)19(12-16(3)4)33-46(40,34-20(13-17(5)6)27(38)43-11-2)44-14-21-23(36)29(8,39)28(45-21)35-15-30-22-24(35)31-18(7)32-25(22)41-9/h15-17,19-21,23,28,36,39H,10-14H2,1-9H3,(H2,33,34,40)/t19?,20?,21-,23+,28-,29?,46?/m1/s1. The molecule has 0 bridgehead atoms. The van der Waals surface area contributed by atoms with Crippen LogP contribution in [-0.2, 0) is 32.9 Å². The summed E-state index contributed by atoms with van der Waals surface area (Å²) < 4.78 is 43.8. The van der Waals surface area contributed by atoms with Crippen LogP contribution in [0.4, 0.5) is 0 Å². The minimum atomic E-state index is -4.29. The van der Waals surface area contributed by atoms with E-state index in [2.05, 4.69) is 25.1 Å². The van der Waals surface area contributed by atoms with Crippen LogP contribution >= 0.6 is 7.67 Å². The molecule has 0 saturated carbocycles. The predicted molar refractivity (Wildman–Crippen MR) is 167 cm³/mol. The van der Waals surface area contributed by atoms with E-state index >= 15 is 0 Å². The van der Waals surface area contributed by atoms with E-state index in [0.717, 1.165) is 0 Å². The van der Waals surface area contributed by atoms with Gasteiger partial charge in [0.05, 0.1) is 33.3 Å². The first kappa shape index (κ1) is 37.7. The highest BCUT2D eigenvalue weighted by Gasteiger charge is 2.54. The minimum absolute atomic E-state index is 0.00112. The third-order valence-corrected chi connectivity index (χ3v) is 9.15. The van der Waals surface area contributed by atoms with Crippen LogP contribution in [0.2, 0.25) is 0 Å². The molecule has 0 spiro atoms.